The Labute approximate surface area is 230 Å². The number of carboxylic acid groups (broad SMARTS) is 1. The molecule has 0 aliphatic carbocycles. The van der Waals surface area contributed by atoms with Crippen molar-refractivity contribution in [2.75, 3.05) is 13.7 Å². The predicted molar refractivity (Wildman–Crippen MR) is 155 cm³/mol. The lowest BCUT2D eigenvalue weighted by atomic mass is 10.1. The molecule has 7 nitrogen and oxygen atoms in total. The monoisotopic (exact) mass is 538 g/mol. The number of likely N-dealkylation sites (N-methyl/N-ethyl adjacent to an activating group) is 1. The Balaban J connectivity index is 1.35. The molecule has 1 heterocycles. The molecule has 0 bridgehead atoms. The molecule has 1 N–H and O–H groups in total. The van der Waals surface area contributed by atoms with Crippen molar-refractivity contribution in [1.82, 2.24) is 4.90 Å². The molecule has 0 aromatic heterocycles. The van der Waals surface area contributed by atoms with Crippen LogP contribution >= 0.6 is 11.8 Å². The van der Waals surface area contributed by atoms with E-state index in [1.54, 1.807) is 25.3 Å². The number of benzene rings is 4. The summed E-state index contributed by atoms with van der Waals surface area (Å²) in [5.41, 5.74) is 2.63. The van der Waals surface area contributed by atoms with E-state index in [0.29, 0.717) is 40.5 Å². The fraction of sp³-hybridized carbons (Fsp3) is 0.129. The minimum atomic E-state index is -1.00. The molecular formula is C31H26N2O5S. The number of amidine groups is 1. The molecule has 1 aliphatic heterocycles. The largest absolute Gasteiger partial charge is 0.490 e. The number of thioether (sulfide) groups is 1. The number of aromatic carboxylic acids is 1. The van der Waals surface area contributed by atoms with Crippen LogP contribution in [0.4, 0.5) is 5.69 Å². The zero-order valence-corrected chi connectivity index (χ0v) is 22.3. The molecule has 1 aliphatic rings. The van der Waals surface area contributed by atoms with Gasteiger partial charge in [0.05, 0.1) is 22.8 Å². The standard InChI is InChI=1S/C31H26N2O5S/c1-3-37-27-17-20(11-16-26(27)38-19-23-9-6-8-21-7-4-5-10-25(21)23)18-28-29(34)33(2)31(39-28)32-24-14-12-22(13-15-24)30(35)36/h4-18H,3,19H2,1-2H3,(H,35,36)/b28-18-,32-31?. The lowest BCUT2D eigenvalue weighted by molar-refractivity contribution is -0.121. The van der Waals surface area contributed by atoms with Gasteiger partial charge in [-0.1, -0.05) is 48.5 Å². The first-order chi connectivity index (χ1) is 18.9. The number of carboxylic acids is 1. The van der Waals surface area contributed by atoms with Crippen molar-refractivity contribution in [3.8, 4) is 11.5 Å². The van der Waals surface area contributed by atoms with E-state index in [1.807, 2.05) is 43.3 Å². The second-order valence-corrected chi connectivity index (χ2v) is 9.80. The van der Waals surface area contributed by atoms with Crippen LogP contribution in [0.2, 0.25) is 0 Å². The van der Waals surface area contributed by atoms with Crippen molar-refractivity contribution >= 4 is 51.3 Å². The quantitative estimate of drug-likeness (QED) is 0.250. The molecule has 1 saturated heterocycles. The van der Waals surface area contributed by atoms with Crippen LogP contribution in [0.1, 0.15) is 28.4 Å². The van der Waals surface area contributed by atoms with E-state index in [9.17, 15) is 9.59 Å². The van der Waals surface area contributed by atoms with E-state index in [2.05, 4.69) is 29.3 Å². The van der Waals surface area contributed by atoms with Crippen LogP contribution in [0.5, 0.6) is 11.5 Å². The van der Waals surface area contributed by atoms with Gasteiger partial charge in [0.2, 0.25) is 0 Å². The predicted octanol–water partition coefficient (Wildman–Crippen LogP) is 6.75. The van der Waals surface area contributed by atoms with E-state index in [1.165, 1.54) is 28.8 Å². The molecule has 5 rings (SSSR count). The molecule has 4 aromatic rings. The Kier molecular flexibility index (Phi) is 7.65. The zero-order valence-electron chi connectivity index (χ0n) is 21.5. The SMILES string of the molecule is CCOc1cc(/C=C2\SC(=Nc3ccc(C(=O)O)cc3)N(C)C2=O)ccc1OCc1cccc2ccccc12. The molecule has 0 spiro atoms. The molecule has 1 amide bonds. The van der Waals surface area contributed by atoms with Crippen molar-refractivity contribution in [2.24, 2.45) is 4.99 Å². The van der Waals surface area contributed by atoms with Gasteiger partial charge in [0, 0.05) is 7.05 Å². The molecule has 8 heteroatoms. The summed E-state index contributed by atoms with van der Waals surface area (Å²) in [7, 11) is 1.66. The topological polar surface area (TPSA) is 88.4 Å². The summed E-state index contributed by atoms with van der Waals surface area (Å²) < 4.78 is 12.0. The Morgan fingerprint density at radius 2 is 1.74 bits per heavy atom. The number of hydrogen-bond donors (Lipinski definition) is 1. The summed E-state index contributed by atoms with van der Waals surface area (Å²) in [4.78, 5) is 30.5. The normalized spacial score (nSPS) is 15.3. The first-order valence-corrected chi connectivity index (χ1v) is 13.2. The fourth-order valence-electron chi connectivity index (χ4n) is 4.17. The van der Waals surface area contributed by atoms with Gasteiger partial charge in [-0.3, -0.25) is 9.69 Å². The third-order valence-electron chi connectivity index (χ3n) is 6.17. The maximum absolute atomic E-state index is 12.9. The molecule has 0 unspecified atom stereocenters. The summed E-state index contributed by atoms with van der Waals surface area (Å²) in [6.45, 7) is 2.78. The first kappa shape index (κ1) is 26.1. The highest BCUT2D eigenvalue weighted by molar-refractivity contribution is 8.18. The van der Waals surface area contributed by atoms with Crippen LogP contribution in [0, 0.1) is 0 Å². The number of fused-ring (bicyclic) bond motifs is 1. The van der Waals surface area contributed by atoms with Crippen LogP contribution < -0.4 is 9.47 Å². The number of carbonyl (C=O) groups is 2. The molecule has 196 valence electrons. The molecule has 39 heavy (non-hydrogen) atoms. The Hall–Kier alpha value is -4.56. The third-order valence-corrected chi connectivity index (χ3v) is 7.23. The van der Waals surface area contributed by atoms with Crippen LogP contribution in [0.15, 0.2) is 94.8 Å². The smallest absolute Gasteiger partial charge is 0.335 e. The highest BCUT2D eigenvalue weighted by Gasteiger charge is 2.30. The Morgan fingerprint density at radius 1 is 0.974 bits per heavy atom. The lowest BCUT2D eigenvalue weighted by Gasteiger charge is -2.14. The van der Waals surface area contributed by atoms with Crippen molar-refractivity contribution in [3.05, 3.63) is 107 Å². The number of hydrogen-bond acceptors (Lipinski definition) is 6. The van der Waals surface area contributed by atoms with E-state index in [4.69, 9.17) is 14.6 Å². The maximum atomic E-state index is 12.9. The van der Waals surface area contributed by atoms with Crippen LogP contribution in [-0.2, 0) is 11.4 Å². The zero-order chi connectivity index (χ0) is 27.4. The van der Waals surface area contributed by atoms with Crippen molar-refractivity contribution in [2.45, 2.75) is 13.5 Å². The number of nitrogens with zero attached hydrogens (tertiary/aromatic N) is 2. The minimum absolute atomic E-state index is 0.171. The lowest BCUT2D eigenvalue weighted by Crippen LogP contribution is -2.23. The second kappa shape index (κ2) is 11.4. The van der Waals surface area contributed by atoms with Crippen molar-refractivity contribution < 1.29 is 24.2 Å². The van der Waals surface area contributed by atoms with Gasteiger partial charge in [-0.15, -0.1) is 0 Å². The number of rotatable bonds is 8. The van der Waals surface area contributed by atoms with Gasteiger partial charge in [-0.25, -0.2) is 9.79 Å². The molecular weight excluding hydrogens is 512 g/mol. The van der Waals surface area contributed by atoms with Gasteiger partial charge < -0.3 is 14.6 Å². The second-order valence-electron chi connectivity index (χ2n) is 8.79. The summed E-state index contributed by atoms with van der Waals surface area (Å²) in [5.74, 6) is 0.0540. The van der Waals surface area contributed by atoms with Crippen molar-refractivity contribution in [3.63, 3.8) is 0 Å². The summed E-state index contributed by atoms with van der Waals surface area (Å²) in [6, 6.07) is 26.2. The molecule has 0 radical (unpaired) electrons. The number of amides is 1. The third kappa shape index (κ3) is 5.81. The molecule has 4 aromatic carbocycles. The van der Waals surface area contributed by atoms with E-state index in [0.717, 1.165) is 21.9 Å². The minimum Gasteiger partial charge on any atom is -0.490 e. The molecule has 1 fully saturated rings. The summed E-state index contributed by atoms with van der Waals surface area (Å²) in [5, 5.41) is 11.9. The van der Waals surface area contributed by atoms with Gasteiger partial charge in [-0.2, -0.15) is 0 Å². The van der Waals surface area contributed by atoms with Crippen LogP contribution in [0.25, 0.3) is 16.8 Å². The van der Waals surface area contributed by atoms with Gasteiger partial charge in [0.1, 0.15) is 6.61 Å². The summed E-state index contributed by atoms with van der Waals surface area (Å²) in [6.07, 6.45) is 1.80. The van der Waals surface area contributed by atoms with Gasteiger partial charge in [0.15, 0.2) is 16.7 Å². The summed E-state index contributed by atoms with van der Waals surface area (Å²) >= 11 is 1.26. The maximum Gasteiger partial charge on any atom is 0.335 e. The van der Waals surface area contributed by atoms with Crippen LogP contribution in [0.3, 0.4) is 0 Å². The number of ether oxygens (including phenoxy) is 2. The average molecular weight is 539 g/mol. The number of carbonyl (C=O) groups excluding carboxylic acids is 1. The van der Waals surface area contributed by atoms with Gasteiger partial charge in [-0.05, 0) is 83.1 Å². The Bertz CT molecular complexity index is 1610. The number of aliphatic imine (C=N–C) groups is 1. The average Bonchev–Trinajstić information content (AvgIpc) is 3.20. The first-order valence-electron chi connectivity index (χ1n) is 12.4. The van der Waals surface area contributed by atoms with E-state index >= 15 is 0 Å². The highest BCUT2D eigenvalue weighted by Crippen LogP contribution is 2.36. The molecule has 0 saturated carbocycles. The fourth-order valence-corrected chi connectivity index (χ4v) is 5.15. The van der Waals surface area contributed by atoms with Gasteiger partial charge in [0.25, 0.3) is 5.91 Å². The van der Waals surface area contributed by atoms with Crippen LogP contribution in [-0.4, -0.2) is 40.7 Å². The van der Waals surface area contributed by atoms with Gasteiger partial charge >= 0.3 is 5.97 Å². The Morgan fingerprint density at radius 3 is 2.51 bits per heavy atom. The molecule has 0 atom stereocenters. The van der Waals surface area contributed by atoms with E-state index < -0.39 is 5.97 Å². The van der Waals surface area contributed by atoms with Crippen molar-refractivity contribution in [1.29, 1.82) is 0 Å². The highest BCUT2D eigenvalue weighted by atomic mass is 32.2. The van der Waals surface area contributed by atoms with E-state index in [-0.39, 0.29) is 11.5 Å².